The predicted octanol–water partition coefficient (Wildman–Crippen LogP) is 5.51. The highest BCUT2D eigenvalue weighted by atomic mass is 16.5. The van der Waals surface area contributed by atoms with Crippen molar-refractivity contribution in [1.29, 1.82) is 0 Å². The van der Waals surface area contributed by atoms with Crippen LogP contribution in [-0.4, -0.2) is 31.3 Å². The van der Waals surface area contributed by atoms with Gasteiger partial charge in [0.15, 0.2) is 0 Å². The quantitative estimate of drug-likeness (QED) is 0.605. The van der Waals surface area contributed by atoms with Gasteiger partial charge in [-0.3, -0.25) is 4.90 Å². The Morgan fingerprint density at radius 3 is 2.86 bits per heavy atom. The van der Waals surface area contributed by atoms with Crippen molar-refractivity contribution in [2.75, 3.05) is 25.5 Å². The molecule has 0 saturated carbocycles. The second-order valence-electron chi connectivity index (χ2n) is 7.23. The lowest BCUT2D eigenvalue weighted by Crippen LogP contribution is -2.17. The van der Waals surface area contributed by atoms with Crippen molar-refractivity contribution >= 4 is 17.5 Å². The van der Waals surface area contributed by atoms with Crippen LogP contribution in [-0.2, 0) is 6.54 Å². The fourth-order valence-electron chi connectivity index (χ4n) is 3.11. The molecule has 0 aromatic heterocycles. The molecule has 0 spiro atoms. The van der Waals surface area contributed by atoms with Gasteiger partial charge in [-0.1, -0.05) is 43.0 Å². The molecule has 0 aliphatic carbocycles. The lowest BCUT2D eigenvalue weighted by atomic mass is 10.1. The van der Waals surface area contributed by atoms with Crippen LogP contribution in [0.4, 0.5) is 5.69 Å². The summed E-state index contributed by atoms with van der Waals surface area (Å²) in [4.78, 5) is 6.69. The number of benzene rings is 2. The molecule has 1 N–H and O–H groups in total. The van der Waals surface area contributed by atoms with Crippen LogP contribution in [0, 0.1) is 0 Å². The van der Waals surface area contributed by atoms with Crippen molar-refractivity contribution in [3.8, 4) is 5.75 Å². The summed E-state index contributed by atoms with van der Waals surface area (Å²) in [5, 5.41) is 3.27. The minimum Gasteiger partial charge on any atom is -0.493 e. The monoisotopic (exact) mass is 387 g/mol. The number of nitrogens with zero attached hydrogens (tertiary/aromatic N) is 2. The van der Waals surface area contributed by atoms with Crippen LogP contribution < -0.4 is 10.1 Å². The molecule has 3 rings (SSSR count). The molecule has 4 nitrogen and oxygen atoms in total. The van der Waals surface area contributed by atoms with Crippen LogP contribution in [0.25, 0.3) is 5.57 Å². The Balaban J connectivity index is 1.81. The van der Waals surface area contributed by atoms with Crippen molar-refractivity contribution in [1.82, 2.24) is 4.90 Å². The van der Waals surface area contributed by atoms with E-state index in [0.29, 0.717) is 12.4 Å². The molecule has 4 heteroatoms. The SMILES string of the molecule is C=C1/N=C\C=C(/C)c2cccc(c2)OCC/C=C/CN(C)Cc2cccc(c2)N1. The van der Waals surface area contributed by atoms with Crippen LogP contribution in [0.2, 0.25) is 0 Å². The molecule has 150 valence electrons. The van der Waals surface area contributed by atoms with Gasteiger partial charge in [0, 0.05) is 25.0 Å². The van der Waals surface area contributed by atoms with Gasteiger partial charge < -0.3 is 10.1 Å². The summed E-state index contributed by atoms with van der Waals surface area (Å²) in [7, 11) is 2.12. The van der Waals surface area contributed by atoms with Crippen LogP contribution in [0.15, 0.2) is 84.2 Å². The first-order chi connectivity index (χ1) is 14.1. The minimum absolute atomic E-state index is 0.606. The summed E-state index contributed by atoms with van der Waals surface area (Å²) in [6.07, 6.45) is 9.03. The van der Waals surface area contributed by atoms with Crippen LogP contribution in [0.3, 0.4) is 0 Å². The number of anilines is 1. The lowest BCUT2D eigenvalue weighted by Gasteiger charge is -2.15. The zero-order valence-corrected chi connectivity index (χ0v) is 17.3. The average Bonchev–Trinajstić information content (AvgIpc) is 2.70. The van der Waals surface area contributed by atoms with E-state index in [2.05, 4.69) is 78.2 Å². The van der Waals surface area contributed by atoms with E-state index in [0.717, 1.165) is 42.1 Å². The lowest BCUT2D eigenvalue weighted by molar-refractivity contribution is 0.324. The predicted molar refractivity (Wildman–Crippen MR) is 123 cm³/mol. The number of rotatable bonds is 0. The molecule has 1 aliphatic rings. The molecule has 0 fully saturated rings. The summed E-state index contributed by atoms with van der Waals surface area (Å²) in [5.41, 5.74) is 4.47. The number of hydrogen-bond donors (Lipinski definition) is 1. The number of allylic oxidation sites excluding steroid dienone is 2. The number of ether oxygens (including phenoxy) is 1. The molecule has 0 amide bonds. The molecule has 1 aliphatic heterocycles. The molecule has 1 heterocycles. The molecule has 4 bridgehead atoms. The third kappa shape index (κ3) is 6.77. The normalized spacial score (nSPS) is 20.5. The zero-order valence-electron chi connectivity index (χ0n) is 17.3. The molecular weight excluding hydrogens is 358 g/mol. The maximum absolute atomic E-state index is 5.90. The van der Waals surface area contributed by atoms with Gasteiger partial charge in [0.05, 0.1) is 6.61 Å². The number of aliphatic imine (C=N–C) groups is 1. The molecule has 2 aromatic carbocycles. The van der Waals surface area contributed by atoms with Gasteiger partial charge in [-0.05, 0) is 67.4 Å². The van der Waals surface area contributed by atoms with E-state index in [-0.39, 0.29) is 0 Å². The molecule has 29 heavy (non-hydrogen) atoms. The van der Waals surface area contributed by atoms with E-state index in [1.807, 2.05) is 24.3 Å². The fourth-order valence-corrected chi connectivity index (χ4v) is 3.11. The molecule has 0 radical (unpaired) electrons. The summed E-state index contributed by atoms with van der Waals surface area (Å²) in [6, 6.07) is 16.5. The Hall–Kier alpha value is -3.11. The van der Waals surface area contributed by atoms with E-state index >= 15 is 0 Å². The van der Waals surface area contributed by atoms with E-state index in [1.54, 1.807) is 6.21 Å². The first-order valence-electron chi connectivity index (χ1n) is 9.93. The molecule has 0 unspecified atom stereocenters. The first kappa shape index (κ1) is 20.6. The summed E-state index contributed by atoms with van der Waals surface area (Å²) >= 11 is 0. The topological polar surface area (TPSA) is 36.9 Å². The van der Waals surface area contributed by atoms with Crippen molar-refractivity contribution in [2.24, 2.45) is 4.99 Å². The van der Waals surface area contributed by atoms with Crippen molar-refractivity contribution in [2.45, 2.75) is 19.9 Å². The van der Waals surface area contributed by atoms with Crippen molar-refractivity contribution < 1.29 is 4.74 Å². The minimum atomic E-state index is 0.606. The van der Waals surface area contributed by atoms with Gasteiger partial charge in [-0.25, -0.2) is 4.99 Å². The fraction of sp³-hybridized carbons (Fsp3) is 0.240. The third-order valence-corrected chi connectivity index (χ3v) is 4.65. The maximum atomic E-state index is 5.90. The molecular formula is C25H29N3O. The van der Waals surface area contributed by atoms with Gasteiger partial charge in [0.1, 0.15) is 11.6 Å². The Kier molecular flexibility index (Phi) is 7.42. The number of fused-ring (bicyclic) bond motifs is 4. The number of nitrogens with one attached hydrogen (secondary N) is 1. The second kappa shape index (κ2) is 10.4. The molecule has 2 aromatic rings. The largest absolute Gasteiger partial charge is 0.493 e. The van der Waals surface area contributed by atoms with Gasteiger partial charge in [-0.15, -0.1) is 0 Å². The summed E-state index contributed by atoms with van der Waals surface area (Å²) in [6.45, 7) is 8.51. The highest BCUT2D eigenvalue weighted by molar-refractivity contribution is 5.84. The molecule has 0 saturated heterocycles. The highest BCUT2D eigenvalue weighted by Gasteiger charge is 2.02. The standard InChI is InChI=1S/C25H29N3O/c1-20-13-14-26-21(2)27-24-11-7-9-22(17-24)19-28(3)15-5-4-6-16-29-25-12-8-10-23(20)18-25/h4-5,7-14,17-18,27H,2,6,15-16,19H2,1,3H3/b5-4+,20-13+,26-14-. The Bertz CT molecular complexity index is 927. The molecule has 0 atom stereocenters. The Morgan fingerprint density at radius 2 is 1.97 bits per heavy atom. The van der Waals surface area contributed by atoms with Crippen molar-refractivity contribution in [3.05, 3.63) is 90.3 Å². The van der Waals surface area contributed by atoms with Crippen molar-refractivity contribution in [3.63, 3.8) is 0 Å². The van der Waals surface area contributed by atoms with Gasteiger partial charge in [0.2, 0.25) is 0 Å². The second-order valence-corrected chi connectivity index (χ2v) is 7.23. The van der Waals surface area contributed by atoms with Crippen LogP contribution >= 0.6 is 0 Å². The summed E-state index contributed by atoms with van der Waals surface area (Å²) < 4.78 is 5.90. The van der Waals surface area contributed by atoms with Crippen LogP contribution in [0.5, 0.6) is 5.75 Å². The van der Waals surface area contributed by atoms with Gasteiger partial charge >= 0.3 is 0 Å². The van der Waals surface area contributed by atoms with Gasteiger partial charge in [-0.2, -0.15) is 0 Å². The number of hydrogen-bond acceptors (Lipinski definition) is 4. The van der Waals surface area contributed by atoms with E-state index < -0.39 is 0 Å². The van der Waals surface area contributed by atoms with Crippen LogP contribution in [0.1, 0.15) is 24.5 Å². The maximum Gasteiger partial charge on any atom is 0.122 e. The summed E-state index contributed by atoms with van der Waals surface area (Å²) in [5.74, 6) is 1.49. The van der Waals surface area contributed by atoms with E-state index in [1.165, 1.54) is 5.56 Å². The zero-order chi connectivity index (χ0) is 20.5. The average molecular weight is 388 g/mol. The van der Waals surface area contributed by atoms with Gasteiger partial charge in [0.25, 0.3) is 0 Å². The smallest absolute Gasteiger partial charge is 0.122 e. The highest BCUT2D eigenvalue weighted by Crippen LogP contribution is 2.20. The Morgan fingerprint density at radius 1 is 1.10 bits per heavy atom. The number of likely N-dealkylation sites (N-methyl/N-ethyl adjacent to an activating group) is 1. The first-order valence-corrected chi connectivity index (χ1v) is 9.93. The third-order valence-electron chi connectivity index (χ3n) is 4.65. The Labute approximate surface area is 173 Å². The van der Waals surface area contributed by atoms with E-state index in [9.17, 15) is 0 Å². The van der Waals surface area contributed by atoms with E-state index in [4.69, 9.17) is 4.74 Å².